The average molecular weight is 1430 g/mol. The van der Waals surface area contributed by atoms with Crippen molar-refractivity contribution in [1.82, 2.24) is 0 Å². The van der Waals surface area contributed by atoms with E-state index >= 15 is 0 Å². The van der Waals surface area contributed by atoms with Crippen molar-refractivity contribution >= 4 is 0 Å². The van der Waals surface area contributed by atoms with Crippen LogP contribution in [0.15, 0.2) is 0 Å². The van der Waals surface area contributed by atoms with Crippen LogP contribution >= 0.6 is 0 Å². The van der Waals surface area contributed by atoms with E-state index in [1.807, 2.05) is 48.5 Å². The molecule has 0 heterocycles. The third kappa shape index (κ3) is 144. The molecule has 0 saturated heterocycles. The van der Waals surface area contributed by atoms with E-state index in [0.29, 0.717) is 72.7 Å². The maximum Gasteiger partial charge on any atom is 0.0773 e. The molecule has 99 heavy (non-hydrogen) atoms. The smallest absolute Gasteiger partial charge is 0.0773 e. The van der Waals surface area contributed by atoms with E-state index in [9.17, 15) is 5.11 Å². The third-order valence-electron chi connectivity index (χ3n) is 17.1. The molecule has 4 unspecified atom stereocenters. The molecule has 8 atom stereocenters. The van der Waals surface area contributed by atoms with E-state index in [0.717, 1.165) is 103 Å². The van der Waals surface area contributed by atoms with Gasteiger partial charge in [0, 0.05) is 6.61 Å². The lowest BCUT2D eigenvalue weighted by atomic mass is 9.79. The molecule has 0 aromatic carbocycles. The molecule has 0 amide bonds. The summed E-state index contributed by atoms with van der Waals surface area (Å²) in [7, 11) is 0. The lowest BCUT2D eigenvalue weighted by Gasteiger charge is -2.33. The quantitative estimate of drug-likeness (QED) is 0.0352. The first-order chi connectivity index (χ1) is 44.9. The average Bonchev–Trinajstić information content (AvgIpc) is 0.882. The highest BCUT2D eigenvalue weighted by Crippen LogP contribution is 2.33. The topological polar surface area (TPSA) is 182 Å². The Kier molecular flexibility index (Phi) is 107. The second-order valence-corrected chi connectivity index (χ2v) is 37.1. The first-order valence-corrected chi connectivity index (χ1v) is 41.8. The molecule has 0 aromatic rings. The number of rotatable bonds is 29. The Bertz CT molecular complexity index is 1260. The highest BCUT2D eigenvalue weighted by molar-refractivity contribution is 4.83. The zero-order valence-corrected chi connectivity index (χ0v) is 76.6. The Labute approximate surface area is 629 Å². The van der Waals surface area contributed by atoms with Crippen LogP contribution in [0.3, 0.4) is 0 Å². The van der Waals surface area contributed by atoms with Crippen molar-refractivity contribution in [3.8, 4) is 0 Å². The summed E-state index contributed by atoms with van der Waals surface area (Å²) in [5.41, 5.74) is 0.223. The summed E-state index contributed by atoms with van der Waals surface area (Å²) in [6.45, 7) is 92.4. The van der Waals surface area contributed by atoms with Gasteiger partial charge in [-0.2, -0.15) is 0 Å². The highest BCUT2D eigenvalue weighted by Gasteiger charge is 2.29. The van der Waals surface area contributed by atoms with E-state index in [4.69, 9.17) is 40.9 Å². The zero-order valence-electron chi connectivity index (χ0n) is 76.6. The summed E-state index contributed by atoms with van der Waals surface area (Å²) in [6, 6.07) is 0. The minimum atomic E-state index is -0.519. The van der Waals surface area contributed by atoms with Crippen LogP contribution in [0.4, 0.5) is 0 Å². The summed E-state index contributed by atoms with van der Waals surface area (Å²) in [5.74, 6) is 14.4. The Hall–Kier alpha value is -0.360. The van der Waals surface area contributed by atoms with E-state index < -0.39 is 18.3 Å². The van der Waals surface area contributed by atoms with E-state index in [1.165, 1.54) is 70.6 Å². The normalized spacial score (nSPS) is 14.8. The standard InChI is InChI=1S/C10H20O.C8H18.C7H16O.5C7H16.3C6H14O2.C6H14O.C6H14/c1-9(2)8-10(11)6-4-3-5-7-10;1-7(2)6-8(3,4)5;1-4-7(5-8)6(2)3;2*1-6(2)5-7(3)4;3*1-5-7(4)6(2)3;3*1-5(2)3-6(8)4-7;1-5(2)4-6(3)7;1-4-5-6(2)3/h9,11H,3-8H2,1-2H3;7H,6H2,1-5H3;6-8H,4-5H2,1-3H3;5*6-7H,5H2,1-4H3;3*5-8H,3-4H2,1-2H3;5-7H,4H2,1-3H3;6H,4-5H2,1-3H3/t;;;;;2*7-;;2*6-;;;/m.....10.10.../s1. The maximum absolute atomic E-state index is 10.0. The molecule has 1 rings (SSSR count). The second kappa shape index (κ2) is 84.9. The SMILES string of the molecule is CC(C)CC(C)(C)C.CC(C)CC(C)C.CC(C)CC(C)C.CC(C)CC(C)O.CC(C)CC(O)CO.CC(C)CC1(O)CCCCC1.CC(C)C[C@@H](O)CO.CC(C)C[C@H](O)CO.CCC(C)C(C)C.CCC(CO)C(C)C.CCCC(C)C.CC[C@@H](C)C(C)C.CC[C@H](C)C(C)C. The van der Waals surface area contributed by atoms with Crippen molar-refractivity contribution in [3.05, 3.63) is 0 Å². The number of hydrogen-bond donors (Lipinski definition) is 9. The lowest BCUT2D eigenvalue weighted by molar-refractivity contribution is -0.0139. The van der Waals surface area contributed by atoms with Gasteiger partial charge in [-0.1, -0.05) is 342 Å². The Morgan fingerprint density at radius 1 is 0.303 bits per heavy atom. The van der Waals surface area contributed by atoms with Crippen molar-refractivity contribution in [2.45, 2.75) is 443 Å². The van der Waals surface area contributed by atoms with Gasteiger partial charge in [-0.3, -0.25) is 0 Å². The first kappa shape index (κ1) is 125. The van der Waals surface area contributed by atoms with Crippen molar-refractivity contribution in [1.29, 1.82) is 0 Å². The Morgan fingerprint density at radius 2 is 0.566 bits per heavy atom. The molecule has 9 heteroatoms. The molecule has 1 saturated carbocycles. The summed E-state index contributed by atoms with van der Waals surface area (Å²) in [5, 5.41) is 78.8. The molecule has 0 radical (unpaired) electrons. The van der Waals surface area contributed by atoms with Crippen LogP contribution in [0.2, 0.25) is 0 Å². The predicted octanol–water partition coefficient (Wildman–Crippen LogP) is 25.9. The first-order valence-electron chi connectivity index (χ1n) is 41.8. The molecule has 0 aromatic heterocycles. The van der Waals surface area contributed by atoms with Gasteiger partial charge in [0.05, 0.1) is 49.8 Å². The van der Waals surface area contributed by atoms with Crippen LogP contribution in [0, 0.1) is 118 Å². The molecular weight excluding hydrogens is 1220 g/mol. The molecule has 1 aliphatic rings. The van der Waals surface area contributed by atoms with Crippen LogP contribution < -0.4 is 0 Å². The zero-order chi connectivity index (χ0) is 81.5. The van der Waals surface area contributed by atoms with Gasteiger partial charge in [0.2, 0.25) is 0 Å². The third-order valence-corrected chi connectivity index (χ3v) is 17.1. The molecule has 1 fully saturated rings. The number of aliphatic hydroxyl groups is 9. The van der Waals surface area contributed by atoms with Gasteiger partial charge >= 0.3 is 0 Å². The molecule has 9 nitrogen and oxygen atoms in total. The molecule has 0 aliphatic heterocycles. The second-order valence-electron chi connectivity index (χ2n) is 37.1. The van der Waals surface area contributed by atoms with Crippen molar-refractivity contribution < 1.29 is 46.0 Å². The number of aliphatic hydroxyl groups excluding tert-OH is 8. The van der Waals surface area contributed by atoms with Crippen molar-refractivity contribution in [3.63, 3.8) is 0 Å². The molecule has 9 N–H and O–H groups in total. The predicted molar refractivity (Wildman–Crippen MR) is 452 cm³/mol. The van der Waals surface area contributed by atoms with Gasteiger partial charge < -0.3 is 46.0 Å². The van der Waals surface area contributed by atoms with Crippen LogP contribution in [0.5, 0.6) is 0 Å². The largest absolute Gasteiger partial charge is 0.396 e. The lowest BCUT2D eigenvalue weighted by Crippen LogP contribution is -2.32. The van der Waals surface area contributed by atoms with Crippen LogP contribution in [0.1, 0.15) is 413 Å². The summed E-state index contributed by atoms with van der Waals surface area (Å²) >= 11 is 0. The Balaban J connectivity index is -0.0000000831. The van der Waals surface area contributed by atoms with Crippen LogP contribution in [-0.2, 0) is 0 Å². The minimum absolute atomic E-state index is 0.113. The summed E-state index contributed by atoms with van der Waals surface area (Å²) in [4.78, 5) is 0. The fraction of sp³-hybridized carbons (Fsp3) is 1.00. The van der Waals surface area contributed by atoms with E-state index in [1.54, 1.807) is 0 Å². The number of hydrogen-bond acceptors (Lipinski definition) is 9. The van der Waals surface area contributed by atoms with Crippen molar-refractivity contribution in [2.24, 2.45) is 118 Å². The van der Waals surface area contributed by atoms with Crippen LogP contribution in [0.25, 0.3) is 0 Å². The molecular formula is C90H204O9. The maximum atomic E-state index is 10.0. The molecule has 0 bridgehead atoms. The van der Waals surface area contributed by atoms with E-state index in [2.05, 4.69) is 242 Å². The Morgan fingerprint density at radius 3 is 0.626 bits per heavy atom. The summed E-state index contributed by atoms with van der Waals surface area (Å²) in [6.07, 6.45) is 19.9. The van der Waals surface area contributed by atoms with E-state index in [-0.39, 0.29) is 31.5 Å². The van der Waals surface area contributed by atoms with Gasteiger partial charge in [-0.25, -0.2) is 0 Å². The van der Waals surface area contributed by atoms with Crippen molar-refractivity contribution in [2.75, 3.05) is 26.4 Å². The fourth-order valence-electron chi connectivity index (χ4n) is 10.6. The monoisotopic (exact) mass is 1430 g/mol. The van der Waals surface area contributed by atoms with Gasteiger partial charge in [0.25, 0.3) is 0 Å². The molecule has 0 spiro atoms. The molecule has 1 aliphatic carbocycles. The van der Waals surface area contributed by atoms with Gasteiger partial charge in [-0.05, 0) is 189 Å². The minimum Gasteiger partial charge on any atom is -0.396 e. The highest BCUT2D eigenvalue weighted by atomic mass is 16.3. The van der Waals surface area contributed by atoms with Gasteiger partial charge in [-0.15, -0.1) is 0 Å². The summed E-state index contributed by atoms with van der Waals surface area (Å²) < 4.78 is 0. The molecule has 618 valence electrons. The van der Waals surface area contributed by atoms with Gasteiger partial charge in [0.15, 0.2) is 0 Å². The fourth-order valence-corrected chi connectivity index (χ4v) is 10.6. The van der Waals surface area contributed by atoms with Gasteiger partial charge in [0.1, 0.15) is 0 Å². The van der Waals surface area contributed by atoms with Crippen LogP contribution in [-0.4, -0.2) is 102 Å².